The molecule has 1 atom stereocenters. The van der Waals surface area contributed by atoms with Crippen LogP contribution in [-0.2, 0) is 10.8 Å². The Morgan fingerprint density at radius 2 is 1.83 bits per heavy atom. The Morgan fingerprint density at radius 3 is 2.44 bits per heavy atom. The third-order valence-corrected chi connectivity index (χ3v) is 4.88. The van der Waals surface area contributed by atoms with E-state index in [0.717, 1.165) is 11.6 Å². The fourth-order valence-electron chi connectivity index (χ4n) is 3.70. The summed E-state index contributed by atoms with van der Waals surface area (Å²) in [6.07, 6.45) is 3.86. The summed E-state index contributed by atoms with van der Waals surface area (Å²) in [5.41, 5.74) is 10.4. The summed E-state index contributed by atoms with van der Waals surface area (Å²) in [5, 5.41) is 0. The lowest BCUT2D eigenvalue weighted by atomic mass is 9.57. The van der Waals surface area contributed by atoms with E-state index >= 15 is 0 Å². The lowest BCUT2D eigenvalue weighted by Gasteiger charge is -2.48. The predicted octanol–water partition coefficient (Wildman–Crippen LogP) is 4.64. The van der Waals surface area contributed by atoms with E-state index in [-0.39, 0.29) is 10.8 Å². The van der Waals surface area contributed by atoms with Gasteiger partial charge in [0.25, 0.3) is 0 Å². The van der Waals surface area contributed by atoms with Gasteiger partial charge in [-0.3, -0.25) is 0 Å². The van der Waals surface area contributed by atoms with E-state index in [9.17, 15) is 0 Å². The SMILES string of the molecule is CCCC1CC(C)(C)c2cc(N)ccc2C1(C)C. The van der Waals surface area contributed by atoms with Gasteiger partial charge in [0.15, 0.2) is 0 Å². The van der Waals surface area contributed by atoms with Crippen LogP contribution in [0, 0.1) is 5.92 Å². The van der Waals surface area contributed by atoms with Crippen LogP contribution >= 0.6 is 0 Å². The summed E-state index contributed by atoms with van der Waals surface area (Å²) in [6, 6.07) is 6.51. The summed E-state index contributed by atoms with van der Waals surface area (Å²) in [7, 11) is 0. The number of benzene rings is 1. The number of nitrogens with two attached hydrogens (primary N) is 1. The highest BCUT2D eigenvalue weighted by Crippen LogP contribution is 2.50. The minimum Gasteiger partial charge on any atom is -0.399 e. The van der Waals surface area contributed by atoms with Crippen LogP contribution in [0.3, 0.4) is 0 Å². The topological polar surface area (TPSA) is 26.0 Å². The Morgan fingerprint density at radius 1 is 1.17 bits per heavy atom. The molecule has 2 rings (SSSR count). The molecule has 0 saturated carbocycles. The van der Waals surface area contributed by atoms with Crippen molar-refractivity contribution < 1.29 is 0 Å². The molecule has 0 fully saturated rings. The normalized spacial score (nSPS) is 24.6. The van der Waals surface area contributed by atoms with Crippen molar-refractivity contribution in [3.05, 3.63) is 29.3 Å². The van der Waals surface area contributed by atoms with E-state index in [1.54, 1.807) is 0 Å². The second-order valence-electron chi connectivity index (χ2n) is 7.10. The molecule has 1 heteroatoms. The zero-order chi connectivity index (χ0) is 13.6. The Bertz CT molecular complexity index is 443. The predicted molar refractivity (Wildman–Crippen MR) is 79.9 cm³/mol. The molecule has 1 unspecified atom stereocenters. The Kier molecular flexibility index (Phi) is 3.21. The van der Waals surface area contributed by atoms with E-state index in [0.29, 0.717) is 0 Å². The van der Waals surface area contributed by atoms with E-state index in [1.807, 2.05) is 0 Å². The molecular formula is C17H27N. The Hall–Kier alpha value is -0.980. The second-order valence-corrected chi connectivity index (χ2v) is 7.10. The number of rotatable bonds is 2. The molecule has 0 radical (unpaired) electrons. The van der Waals surface area contributed by atoms with E-state index in [4.69, 9.17) is 5.73 Å². The van der Waals surface area contributed by atoms with Crippen LogP contribution in [0.15, 0.2) is 18.2 Å². The Labute approximate surface area is 112 Å². The first-order valence-electron chi connectivity index (χ1n) is 7.19. The largest absolute Gasteiger partial charge is 0.399 e. The summed E-state index contributed by atoms with van der Waals surface area (Å²) in [5.74, 6) is 0.772. The molecule has 0 amide bonds. The van der Waals surface area contributed by atoms with Gasteiger partial charge in [-0.25, -0.2) is 0 Å². The maximum Gasteiger partial charge on any atom is 0.0317 e. The molecule has 1 aromatic rings. The quantitative estimate of drug-likeness (QED) is 0.754. The van der Waals surface area contributed by atoms with Crippen molar-refractivity contribution in [1.29, 1.82) is 0 Å². The van der Waals surface area contributed by atoms with Gasteiger partial charge in [-0.1, -0.05) is 47.1 Å². The highest BCUT2D eigenvalue weighted by molar-refractivity contribution is 5.51. The average molecular weight is 245 g/mol. The number of hydrogen-bond acceptors (Lipinski definition) is 1. The summed E-state index contributed by atoms with van der Waals surface area (Å²) in [6.45, 7) is 11.8. The van der Waals surface area contributed by atoms with Gasteiger partial charge in [-0.2, -0.15) is 0 Å². The molecule has 0 saturated heterocycles. The molecule has 100 valence electrons. The smallest absolute Gasteiger partial charge is 0.0317 e. The summed E-state index contributed by atoms with van der Waals surface area (Å²) < 4.78 is 0. The lowest BCUT2D eigenvalue weighted by Crippen LogP contribution is -2.41. The summed E-state index contributed by atoms with van der Waals surface area (Å²) in [4.78, 5) is 0. The second kappa shape index (κ2) is 4.29. The Balaban J connectivity index is 2.56. The van der Waals surface area contributed by atoms with Crippen molar-refractivity contribution in [3.63, 3.8) is 0 Å². The minimum absolute atomic E-state index is 0.250. The van der Waals surface area contributed by atoms with Gasteiger partial charge in [-0.05, 0) is 52.8 Å². The molecule has 0 bridgehead atoms. The fraction of sp³-hybridized carbons (Fsp3) is 0.647. The van der Waals surface area contributed by atoms with Crippen molar-refractivity contribution in [2.24, 2.45) is 5.92 Å². The fourth-order valence-corrected chi connectivity index (χ4v) is 3.70. The summed E-state index contributed by atoms with van der Waals surface area (Å²) >= 11 is 0. The molecular weight excluding hydrogens is 218 g/mol. The van der Waals surface area contributed by atoms with Crippen molar-refractivity contribution in [2.75, 3.05) is 5.73 Å². The molecule has 1 aromatic carbocycles. The molecule has 0 spiro atoms. The molecule has 2 N–H and O–H groups in total. The van der Waals surface area contributed by atoms with Gasteiger partial charge in [0, 0.05) is 5.69 Å². The molecule has 1 nitrogen and oxygen atoms in total. The standard InChI is InChI=1S/C17H27N/c1-6-7-12-11-16(2,3)15-10-13(18)8-9-14(15)17(12,4)5/h8-10,12H,6-7,11,18H2,1-5H3. The first-order chi connectivity index (χ1) is 8.29. The van der Waals surface area contributed by atoms with Crippen LogP contribution in [0.1, 0.15) is 65.0 Å². The number of nitrogen functional groups attached to an aromatic ring is 1. The molecule has 18 heavy (non-hydrogen) atoms. The lowest BCUT2D eigenvalue weighted by molar-refractivity contribution is 0.202. The van der Waals surface area contributed by atoms with E-state index < -0.39 is 0 Å². The van der Waals surface area contributed by atoms with E-state index in [1.165, 1.54) is 30.4 Å². The number of hydrogen-bond donors (Lipinski definition) is 1. The van der Waals surface area contributed by atoms with Crippen molar-refractivity contribution in [3.8, 4) is 0 Å². The van der Waals surface area contributed by atoms with Gasteiger partial charge in [0.2, 0.25) is 0 Å². The first-order valence-corrected chi connectivity index (χ1v) is 7.19. The average Bonchev–Trinajstić information content (AvgIpc) is 2.26. The van der Waals surface area contributed by atoms with Gasteiger partial charge < -0.3 is 5.73 Å². The van der Waals surface area contributed by atoms with Crippen LogP contribution in [0.4, 0.5) is 5.69 Å². The molecule has 0 aromatic heterocycles. The van der Waals surface area contributed by atoms with Gasteiger partial charge in [0.05, 0.1) is 0 Å². The number of fused-ring (bicyclic) bond motifs is 1. The van der Waals surface area contributed by atoms with Gasteiger partial charge in [0.1, 0.15) is 0 Å². The van der Waals surface area contributed by atoms with Crippen LogP contribution in [0.25, 0.3) is 0 Å². The van der Waals surface area contributed by atoms with Crippen LogP contribution < -0.4 is 5.73 Å². The zero-order valence-corrected chi connectivity index (χ0v) is 12.5. The highest BCUT2D eigenvalue weighted by Gasteiger charge is 2.43. The third-order valence-electron chi connectivity index (χ3n) is 4.88. The maximum atomic E-state index is 5.98. The highest BCUT2D eigenvalue weighted by atomic mass is 14.6. The zero-order valence-electron chi connectivity index (χ0n) is 12.5. The van der Waals surface area contributed by atoms with Crippen molar-refractivity contribution >= 4 is 5.69 Å². The monoisotopic (exact) mass is 245 g/mol. The van der Waals surface area contributed by atoms with Crippen molar-refractivity contribution in [2.45, 2.75) is 64.7 Å². The van der Waals surface area contributed by atoms with Gasteiger partial charge in [-0.15, -0.1) is 0 Å². The molecule has 1 aliphatic rings. The van der Waals surface area contributed by atoms with Crippen molar-refractivity contribution in [1.82, 2.24) is 0 Å². The van der Waals surface area contributed by atoms with Crippen LogP contribution in [0.5, 0.6) is 0 Å². The molecule has 0 heterocycles. The van der Waals surface area contributed by atoms with Crippen LogP contribution in [0.2, 0.25) is 0 Å². The van der Waals surface area contributed by atoms with E-state index in [2.05, 4.69) is 52.8 Å². The first kappa shape index (κ1) is 13.5. The van der Waals surface area contributed by atoms with Crippen LogP contribution in [-0.4, -0.2) is 0 Å². The molecule has 0 aliphatic heterocycles. The van der Waals surface area contributed by atoms with Gasteiger partial charge >= 0.3 is 0 Å². The number of anilines is 1. The molecule has 1 aliphatic carbocycles. The maximum absolute atomic E-state index is 5.98. The third kappa shape index (κ3) is 2.04. The minimum atomic E-state index is 0.250.